The molecule has 0 amide bonds. The number of nitrogens with zero attached hydrogens (tertiary/aromatic N) is 2. The van der Waals surface area contributed by atoms with Crippen LogP contribution in [0.1, 0.15) is 0 Å². The van der Waals surface area contributed by atoms with Gasteiger partial charge in [0.15, 0.2) is 0 Å². The molecular formula is C58H36N2O2. The number of furan rings is 2. The van der Waals surface area contributed by atoms with Gasteiger partial charge in [-0.1, -0.05) is 121 Å². The molecule has 0 fully saturated rings. The molecule has 0 radical (unpaired) electrons. The van der Waals surface area contributed by atoms with Gasteiger partial charge in [0.2, 0.25) is 0 Å². The van der Waals surface area contributed by atoms with Crippen LogP contribution in [-0.4, -0.2) is 4.57 Å². The predicted molar refractivity (Wildman–Crippen MR) is 258 cm³/mol. The highest BCUT2D eigenvalue weighted by atomic mass is 16.3. The summed E-state index contributed by atoms with van der Waals surface area (Å²) in [6.07, 6.45) is 0. The summed E-state index contributed by atoms with van der Waals surface area (Å²) >= 11 is 0. The zero-order valence-corrected chi connectivity index (χ0v) is 33.5. The van der Waals surface area contributed by atoms with Crippen molar-refractivity contribution in [1.82, 2.24) is 4.57 Å². The Morgan fingerprint density at radius 1 is 0.323 bits per heavy atom. The maximum atomic E-state index is 6.43. The summed E-state index contributed by atoms with van der Waals surface area (Å²) in [5.41, 5.74) is 14.8. The number of rotatable bonds is 6. The van der Waals surface area contributed by atoms with Crippen molar-refractivity contribution < 1.29 is 8.83 Å². The van der Waals surface area contributed by atoms with E-state index in [0.29, 0.717) is 0 Å². The van der Waals surface area contributed by atoms with Crippen molar-refractivity contribution in [3.05, 3.63) is 218 Å². The first-order valence-electron chi connectivity index (χ1n) is 21.1. The Bertz CT molecular complexity index is 3810. The molecule has 0 bridgehead atoms. The number of para-hydroxylation sites is 4. The lowest BCUT2D eigenvalue weighted by Gasteiger charge is -2.28. The first kappa shape index (κ1) is 34.5. The van der Waals surface area contributed by atoms with Crippen LogP contribution in [0.5, 0.6) is 0 Å². The average molecular weight is 793 g/mol. The summed E-state index contributed by atoms with van der Waals surface area (Å²) in [4.78, 5) is 2.38. The summed E-state index contributed by atoms with van der Waals surface area (Å²) in [6, 6.07) is 78.2. The van der Waals surface area contributed by atoms with Gasteiger partial charge in [0.05, 0.1) is 16.7 Å². The molecule has 0 unspecified atom stereocenters. The van der Waals surface area contributed by atoms with Gasteiger partial charge in [-0.2, -0.15) is 0 Å². The van der Waals surface area contributed by atoms with Crippen molar-refractivity contribution in [2.45, 2.75) is 0 Å². The smallest absolute Gasteiger partial charge is 0.136 e. The second-order valence-electron chi connectivity index (χ2n) is 16.1. The second kappa shape index (κ2) is 13.6. The molecular weight excluding hydrogens is 757 g/mol. The fourth-order valence-electron chi connectivity index (χ4n) is 9.63. The van der Waals surface area contributed by atoms with Crippen molar-refractivity contribution in [1.29, 1.82) is 0 Å². The number of fused-ring (bicyclic) bond motifs is 10. The molecule has 290 valence electrons. The molecule has 0 saturated heterocycles. The van der Waals surface area contributed by atoms with E-state index in [-0.39, 0.29) is 0 Å². The molecule has 3 aromatic heterocycles. The largest absolute Gasteiger partial charge is 0.456 e. The van der Waals surface area contributed by atoms with Crippen LogP contribution in [0.3, 0.4) is 0 Å². The third kappa shape index (κ3) is 5.40. The standard InChI is InChI=1S/C58H36N2O2/c1-2-12-39-36-58-51(33-38(39)11-1)50-35-41(24-32-57(50)62-58)45-13-3-7-17-52(45)59(42-25-21-37(22-26-42)40-23-31-56-49(34-40)48-16-6-10-20-55(48)61-56)43-27-29-44(30-28-43)60-53-18-8-4-14-46(53)47-15-5-9-19-54(47)60/h1-36H. The summed E-state index contributed by atoms with van der Waals surface area (Å²) in [5.74, 6) is 0. The fourth-order valence-corrected chi connectivity index (χ4v) is 9.63. The molecule has 0 saturated carbocycles. The van der Waals surface area contributed by atoms with E-state index >= 15 is 0 Å². The molecule has 0 spiro atoms. The Morgan fingerprint density at radius 3 is 1.56 bits per heavy atom. The van der Waals surface area contributed by atoms with Crippen LogP contribution in [-0.2, 0) is 0 Å². The minimum absolute atomic E-state index is 0.881. The van der Waals surface area contributed by atoms with Gasteiger partial charge >= 0.3 is 0 Å². The van der Waals surface area contributed by atoms with Gasteiger partial charge in [-0.3, -0.25) is 0 Å². The molecule has 3 heterocycles. The van der Waals surface area contributed by atoms with E-state index in [0.717, 1.165) is 88.9 Å². The third-order valence-electron chi connectivity index (χ3n) is 12.6. The number of hydrogen-bond acceptors (Lipinski definition) is 3. The topological polar surface area (TPSA) is 34.5 Å². The fraction of sp³-hybridized carbons (Fsp3) is 0. The van der Waals surface area contributed by atoms with Crippen molar-refractivity contribution in [2.24, 2.45) is 0 Å². The van der Waals surface area contributed by atoms with Crippen LogP contribution < -0.4 is 4.90 Å². The zero-order chi connectivity index (χ0) is 40.7. The minimum Gasteiger partial charge on any atom is -0.456 e. The number of anilines is 3. The van der Waals surface area contributed by atoms with Crippen molar-refractivity contribution >= 4 is 93.5 Å². The van der Waals surface area contributed by atoms with E-state index in [2.05, 4.69) is 216 Å². The summed E-state index contributed by atoms with van der Waals surface area (Å²) in [7, 11) is 0. The lowest BCUT2D eigenvalue weighted by atomic mass is 9.98. The van der Waals surface area contributed by atoms with Gasteiger partial charge in [0.1, 0.15) is 22.3 Å². The Morgan fingerprint density at radius 2 is 0.823 bits per heavy atom. The normalized spacial score (nSPS) is 11.9. The lowest BCUT2D eigenvalue weighted by molar-refractivity contribution is 0.669. The molecule has 4 nitrogen and oxygen atoms in total. The van der Waals surface area contributed by atoms with Crippen molar-refractivity contribution in [2.75, 3.05) is 4.90 Å². The van der Waals surface area contributed by atoms with Crippen LogP contribution in [0, 0.1) is 0 Å². The van der Waals surface area contributed by atoms with Gasteiger partial charge in [0, 0.05) is 54.9 Å². The van der Waals surface area contributed by atoms with E-state index in [1.807, 2.05) is 12.1 Å². The zero-order valence-electron chi connectivity index (χ0n) is 33.5. The number of hydrogen-bond donors (Lipinski definition) is 0. The highest BCUT2D eigenvalue weighted by Crippen LogP contribution is 2.44. The van der Waals surface area contributed by atoms with Gasteiger partial charge in [-0.15, -0.1) is 0 Å². The Kier molecular flexibility index (Phi) is 7.57. The lowest BCUT2D eigenvalue weighted by Crippen LogP contribution is -2.11. The van der Waals surface area contributed by atoms with Crippen LogP contribution in [0.25, 0.3) is 104 Å². The van der Waals surface area contributed by atoms with Crippen LogP contribution >= 0.6 is 0 Å². The van der Waals surface area contributed by atoms with E-state index < -0.39 is 0 Å². The Balaban J connectivity index is 0.960. The first-order valence-corrected chi connectivity index (χ1v) is 21.1. The minimum atomic E-state index is 0.881. The van der Waals surface area contributed by atoms with Gasteiger partial charge in [0.25, 0.3) is 0 Å². The third-order valence-corrected chi connectivity index (χ3v) is 12.6. The molecule has 10 aromatic carbocycles. The van der Waals surface area contributed by atoms with Crippen LogP contribution in [0.4, 0.5) is 17.1 Å². The summed E-state index contributed by atoms with van der Waals surface area (Å²) in [6.45, 7) is 0. The highest BCUT2D eigenvalue weighted by molar-refractivity contribution is 6.12. The molecule has 0 atom stereocenters. The van der Waals surface area contributed by atoms with Gasteiger partial charge in [-0.05, 0) is 125 Å². The predicted octanol–water partition coefficient (Wildman–Crippen LogP) is 16.5. The second-order valence-corrected chi connectivity index (χ2v) is 16.1. The average Bonchev–Trinajstić information content (AvgIpc) is 4.00. The number of aromatic nitrogens is 1. The van der Waals surface area contributed by atoms with E-state index in [1.54, 1.807) is 0 Å². The maximum Gasteiger partial charge on any atom is 0.136 e. The quantitative estimate of drug-likeness (QED) is 0.168. The Labute approximate surface area is 356 Å². The maximum absolute atomic E-state index is 6.43. The van der Waals surface area contributed by atoms with Gasteiger partial charge in [-0.25, -0.2) is 0 Å². The monoisotopic (exact) mass is 792 g/mol. The van der Waals surface area contributed by atoms with Crippen molar-refractivity contribution in [3.8, 4) is 27.9 Å². The van der Waals surface area contributed by atoms with Crippen LogP contribution in [0.2, 0.25) is 0 Å². The molecule has 62 heavy (non-hydrogen) atoms. The SMILES string of the molecule is c1ccc(N(c2ccc(-c3ccc4oc5ccccc5c4c3)cc2)c2ccc(-n3c4ccccc4c4ccccc43)cc2)c(-c2ccc3oc4cc5ccccc5cc4c3c2)c1. The first-order chi connectivity index (χ1) is 30.7. The molecule has 0 N–H and O–H groups in total. The summed E-state index contributed by atoms with van der Waals surface area (Å²) < 4.78 is 15.0. The van der Waals surface area contributed by atoms with E-state index in [4.69, 9.17) is 8.83 Å². The van der Waals surface area contributed by atoms with E-state index in [1.165, 1.54) is 32.6 Å². The molecule has 0 aliphatic carbocycles. The van der Waals surface area contributed by atoms with Crippen molar-refractivity contribution in [3.63, 3.8) is 0 Å². The number of benzene rings is 10. The van der Waals surface area contributed by atoms with Crippen LogP contribution in [0.15, 0.2) is 227 Å². The molecule has 13 rings (SSSR count). The highest BCUT2D eigenvalue weighted by Gasteiger charge is 2.20. The van der Waals surface area contributed by atoms with Gasteiger partial charge < -0.3 is 18.3 Å². The van der Waals surface area contributed by atoms with E-state index in [9.17, 15) is 0 Å². The molecule has 0 aliphatic rings. The Hall–Kier alpha value is -8.34. The molecule has 4 heteroatoms. The molecule has 13 aromatic rings. The molecule has 0 aliphatic heterocycles. The summed E-state index contributed by atoms with van der Waals surface area (Å²) in [5, 5.41) is 9.34.